The maximum atomic E-state index is 11.3. The van der Waals surface area contributed by atoms with E-state index in [9.17, 15) is 8.42 Å². The van der Waals surface area contributed by atoms with Crippen LogP contribution in [0.4, 0.5) is 0 Å². The smallest absolute Gasteiger partial charge is 0.204 e. The van der Waals surface area contributed by atoms with E-state index >= 15 is 0 Å². The highest BCUT2D eigenvalue weighted by molar-refractivity contribution is 8.38. The fourth-order valence-electron chi connectivity index (χ4n) is 0.702. The summed E-state index contributed by atoms with van der Waals surface area (Å²) < 4.78 is 27.0. The number of hydrogen-bond donors (Lipinski definition) is 0. The maximum Gasteiger partial charge on any atom is 0.257 e. The Kier molecular flexibility index (Phi) is 3.48. The fourth-order valence-corrected chi connectivity index (χ4v) is 3.68. The van der Waals surface area contributed by atoms with Crippen LogP contribution >= 0.6 is 23.5 Å². The van der Waals surface area contributed by atoms with E-state index in [0.717, 1.165) is 12.8 Å². The van der Waals surface area contributed by atoms with Gasteiger partial charge in [0.05, 0.1) is 5.25 Å². The molecule has 70 valence electrons. The molecule has 0 heterocycles. The van der Waals surface area contributed by atoms with Crippen molar-refractivity contribution < 1.29 is 8.42 Å². The second-order valence-corrected chi connectivity index (χ2v) is 6.21. The Hall–Kier alpha value is 0.320. The Labute approximate surface area is 81.5 Å². The van der Waals surface area contributed by atoms with E-state index in [1.165, 1.54) is 23.5 Å². The lowest BCUT2D eigenvalue weighted by Gasteiger charge is -1.97. The normalized spacial score (nSPS) is 17.5. The molecular weight excluding hydrogens is 214 g/mol. The largest absolute Gasteiger partial charge is 0.257 e. The van der Waals surface area contributed by atoms with Gasteiger partial charge in [-0.15, -0.1) is 27.9 Å². The predicted molar refractivity (Wildman–Crippen MR) is 56.4 cm³/mol. The molecule has 1 aliphatic rings. The average molecular weight is 225 g/mol. The molecule has 3 nitrogen and oxygen atoms in total. The number of sulfonamides is 1. The molecule has 1 aliphatic carbocycles. The van der Waals surface area contributed by atoms with Crippen LogP contribution < -0.4 is 0 Å². The molecule has 0 aromatic carbocycles. The van der Waals surface area contributed by atoms with Crippen LogP contribution in [0.2, 0.25) is 0 Å². The van der Waals surface area contributed by atoms with Gasteiger partial charge in [0.1, 0.15) is 4.38 Å². The summed E-state index contributed by atoms with van der Waals surface area (Å²) in [5.74, 6) is 0. The Morgan fingerprint density at radius 1 is 1.33 bits per heavy atom. The molecule has 0 radical (unpaired) electrons. The first-order valence-corrected chi connectivity index (χ1v) is 7.47. The predicted octanol–water partition coefficient (Wildman–Crippen LogP) is 1.56. The van der Waals surface area contributed by atoms with Crippen molar-refractivity contribution in [2.45, 2.75) is 18.1 Å². The van der Waals surface area contributed by atoms with Crippen LogP contribution in [0.25, 0.3) is 0 Å². The summed E-state index contributed by atoms with van der Waals surface area (Å²) in [5.41, 5.74) is 0. The molecule has 1 fully saturated rings. The van der Waals surface area contributed by atoms with Gasteiger partial charge in [-0.2, -0.15) is 0 Å². The molecule has 0 amide bonds. The summed E-state index contributed by atoms with van der Waals surface area (Å²) in [7, 11) is -3.16. The number of rotatable bonds is 2. The van der Waals surface area contributed by atoms with Gasteiger partial charge in [0.25, 0.3) is 10.0 Å². The van der Waals surface area contributed by atoms with Crippen LogP contribution in [0.15, 0.2) is 4.40 Å². The highest BCUT2D eigenvalue weighted by Gasteiger charge is 2.35. The molecule has 0 aliphatic heterocycles. The molecule has 0 spiro atoms. The molecule has 6 heteroatoms. The van der Waals surface area contributed by atoms with Gasteiger partial charge in [0, 0.05) is 0 Å². The van der Waals surface area contributed by atoms with Crippen LogP contribution in [0.5, 0.6) is 0 Å². The van der Waals surface area contributed by atoms with Crippen molar-refractivity contribution >= 4 is 37.9 Å². The zero-order chi connectivity index (χ0) is 9.19. The average Bonchev–Trinajstić information content (AvgIpc) is 2.82. The van der Waals surface area contributed by atoms with E-state index in [0.29, 0.717) is 4.38 Å². The molecule has 0 saturated heterocycles. The van der Waals surface area contributed by atoms with Crippen LogP contribution in [0.3, 0.4) is 0 Å². The van der Waals surface area contributed by atoms with Crippen molar-refractivity contribution in [3.63, 3.8) is 0 Å². The summed E-state index contributed by atoms with van der Waals surface area (Å²) in [6.45, 7) is 0. The molecule has 0 bridgehead atoms. The van der Waals surface area contributed by atoms with Crippen molar-refractivity contribution in [1.29, 1.82) is 0 Å². The molecule has 1 rings (SSSR count). The monoisotopic (exact) mass is 225 g/mol. The molecule has 12 heavy (non-hydrogen) atoms. The van der Waals surface area contributed by atoms with E-state index < -0.39 is 10.0 Å². The van der Waals surface area contributed by atoms with E-state index in [4.69, 9.17) is 0 Å². The van der Waals surface area contributed by atoms with Crippen LogP contribution in [0, 0.1) is 0 Å². The van der Waals surface area contributed by atoms with Crippen LogP contribution in [0.1, 0.15) is 12.8 Å². The third-order valence-corrected chi connectivity index (χ3v) is 5.36. The lowest BCUT2D eigenvalue weighted by molar-refractivity contribution is 0.597. The first-order chi connectivity index (χ1) is 5.60. The third-order valence-electron chi connectivity index (χ3n) is 1.50. The zero-order valence-corrected chi connectivity index (χ0v) is 9.43. The second-order valence-electron chi connectivity index (χ2n) is 2.48. The van der Waals surface area contributed by atoms with Crippen molar-refractivity contribution in [3.05, 3.63) is 0 Å². The molecule has 1 saturated carbocycles. The molecular formula is C6H11NO2S3. The third kappa shape index (κ3) is 2.67. The Bertz CT molecular complexity index is 273. The Balaban J connectivity index is 2.75. The van der Waals surface area contributed by atoms with E-state index in [-0.39, 0.29) is 5.25 Å². The summed E-state index contributed by atoms with van der Waals surface area (Å²) >= 11 is 2.75. The first kappa shape index (κ1) is 10.4. The summed E-state index contributed by atoms with van der Waals surface area (Å²) in [6.07, 6.45) is 5.22. The molecule has 0 aromatic heterocycles. The topological polar surface area (TPSA) is 46.5 Å². The Morgan fingerprint density at radius 3 is 2.17 bits per heavy atom. The minimum absolute atomic E-state index is 0.188. The number of nitrogens with zero attached hydrogens (tertiary/aromatic N) is 1. The van der Waals surface area contributed by atoms with Gasteiger partial charge in [-0.1, -0.05) is 0 Å². The number of hydrogen-bond acceptors (Lipinski definition) is 4. The van der Waals surface area contributed by atoms with Crippen molar-refractivity contribution in [3.8, 4) is 0 Å². The van der Waals surface area contributed by atoms with Gasteiger partial charge in [-0.05, 0) is 25.4 Å². The minimum atomic E-state index is -3.16. The lowest BCUT2D eigenvalue weighted by Crippen LogP contribution is -2.04. The summed E-state index contributed by atoms with van der Waals surface area (Å²) in [5, 5.41) is -0.188. The van der Waals surface area contributed by atoms with Crippen LogP contribution in [-0.4, -0.2) is 30.6 Å². The van der Waals surface area contributed by atoms with E-state index in [1.54, 1.807) is 0 Å². The van der Waals surface area contributed by atoms with Gasteiger partial charge in [-0.25, -0.2) is 8.42 Å². The molecule has 0 unspecified atom stereocenters. The van der Waals surface area contributed by atoms with Gasteiger partial charge in [0.2, 0.25) is 0 Å². The van der Waals surface area contributed by atoms with Crippen molar-refractivity contribution in [2.75, 3.05) is 12.5 Å². The first-order valence-electron chi connectivity index (χ1n) is 3.52. The van der Waals surface area contributed by atoms with Gasteiger partial charge in [0.15, 0.2) is 0 Å². The molecule has 0 aromatic rings. The summed E-state index contributed by atoms with van der Waals surface area (Å²) in [6, 6.07) is 0. The zero-order valence-electron chi connectivity index (χ0n) is 6.98. The standard InChI is InChI=1S/C6H11NO2S3/c1-10-6(11-2)7-12(8,9)5-3-4-5/h5H,3-4H2,1-2H3. The van der Waals surface area contributed by atoms with E-state index in [1.807, 2.05) is 12.5 Å². The second kappa shape index (κ2) is 4.02. The molecule has 0 N–H and O–H groups in total. The number of thioether (sulfide) groups is 2. The fraction of sp³-hybridized carbons (Fsp3) is 0.833. The van der Waals surface area contributed by atoms with Crippen LogP contribution in [-0.2, 0) is 10.0 Å². The maximum absolute atomic E-state index is 11.3. The van der Waals surface area contributed by atoms with Gasteiger partial charge < -0.3 is 0 Å². The highest BCUT2D eigenvalue weighted by atomic mass is 32.2. The van der Waals surface area contributed by atoms with Gasteiger partial charge in [-0.3, -0.25) is 0 Å². The highest BCUT2D eigenvalue weighted by Crippen LogP contribution is 2.30. The SMILES string of the molecule is CSC(=NS(=O)(=O)C1CC1)SC. The molecule has 0 atom stereocenters. The minimum Gasteiger partial charge on any atom is -0.204 e. The van der Waals surface area contributed by atoms with E-state index in [2.05, 4.69) is 4.40 Å². The summed E-state index contributed by atoms with van der Waals surface area (Å²) in [4.78, 5) is 0. The quantitative estimate of drug-likeness (QED) is 0.528. The van der Waals surface area contributed by atoms with Crippen molar-refractivity contribution in [1.82, 2.24) is 0 Å². The Morgan fingerprint density at radius 2 is 1.83 bits per heavy atom. The van der Waals surface area contributed by atoms with Gasteiger partial charge >= 0.3 is 0 Å². The van der Waals surface area contributed by atoms with Crippen molar-refractivity contribution in [2.24, 2.45) is 4.40 Å². The lowest BCUT2D eigenvalue weighted by atomic mass is 11.0.